The number of benzene rings is 2. The summed E-state index contributed by atoms with van der Waals surface area (Å²) in [5, 5.41) is 30.9. The van der Waals surface area contributed by atoms with Gasteiger partial charge in [0.25, 0.3) is 11.9 Å². The third kappa shape index (κ3) is 14.5. The Morgan fingerprint density at radius 2 is 0.814 bits per heavy atom. The number of nitriles is 1. The zero-order valence-corrected chi connectivity index (χ0v) is 34.9. The zero-order chi connectivity index (χ0) is 51.7. The van der Waals surface area contributed by atoms with E-state index < -0.39 is 113 Å². The highest BCUT2D eigenvalue weighted by Gasteiger charge is 2.39. The smallest absolute Gasteiger partial charge is 0.329 e. The number of hydrogen-bond donors (Lipinski definition) is 0. The number of rotatable bonds is 10. The first-order valence-electron chi connectivity index (χ1n) is 18.3. The first-order valence-corrected chi connectivity index (χ1v) is 18.7. The van der Waals surface area contributed by atoms with Crippen LogP contribution in [0.1, 0.15) is 68.8 Å². The molecule has 0 spiro atoms. The number of halogens is 19. The van der Waals surface area contributed by atoms with Crippen LogP contribution in [0.4, 0.5) is 90.9 Å². The molecule has 4 heterocycles. The highest BCUT2D eigenvalue weighted by Crippen LogP contribution is 2.39. The molecule has 0 aliphatic heterocycles. The SMILES string of the molecule is C.Cn1nnc(N(Cc2cc(C(F)(F)F)cc(C(F)(F)F)c2)Cc2cc(C(F)(F)F)cnc2C#N)n1.Cn1nnc(N(Cc2cc(C(F)(F)F)cc(C(F)(F)F)c2)Cc2cc(C(F)(F)F)cnc2Cl)n1. The summed E-state index contributed by atoms with van der Waals surface area (Å²) in [6.45, 7) is -2.48. The van der Waals surface area contributed by atoms with Gasteiger partial charge in [-0.15, -0.1) is 10.2 Å². The van der Waals surface area contributed by atoms with Crippen molar-refractivity contribution in [2.24, 2.45) is 14.1 Å². The van der Waals surface area contributed by atoms with E-state index in [1.54, 1.807) is 6.07 Å². The molecule has 0 aliphatic rings. The molecule has 13 nitrogen and oxygen atoms in total. The molecule has 378 valence electrons. The van der Waals surface area contributed by atoms with E-state index in [1.165, 1.54) is 14.1 Å². The van der Waals surface area contributed by atoms with Crippen molar-refractivity contribution in [1.82, 2.24) is 50.4 Å². The molecule has 2 aromatic carbocycles. The van der Waals surface area contributed by atoms with Crippen LogP contribution in [0.5, 0.6) is 0 Å². The Labute approximate surface area is 385 Å². The van der Waals surface area contributed by atoms with Crippen molar-refractivity contribution < 1.29 is 79.0 Å². The lowest BCUT2D eigenvalue weighted by molar-refractivity contribution is -0.144. The van der Waals surface area contributed by atoms with Gasteiger partial charge in [-0.3, -0.25) is 0 Å². The van der Waals surface area contributed by atoms with Crippen LogP contribution in [-0.4, -0.2) is 50.4 Å². The van der Waals surface area contributed by atoms with Gasteiger partial charge in [-0.2, -0.15) is 93.9 Å². The molecule has 0 unspecified atom stereocenters. The second kappa shape index (κ2) is 20.5. The maximum absolute atomic E-state index is 13.2. The Morgan fingerprint density at radius 1 is 0.486 bits per heavy atom. The van der Waals surface area contributed by atoms with Crippen molar-refractivity contribution >= 4 is 23.5 Å². The second-order valence-corrected chi connectivity index (χ2v) is 14.6. The number of pyridine rings is 2. The Balaban J connectivity index is 0.000000300. The minimum atomic E-state index is -5.11. The van der Waals surface area contributed by atoms with Gasteiger partial charge in [0.2, 0.25) is 0 Å². The lowest BCUT2D eigenvalue weighted by Crippen LogP contribution is -2.25. The summed E-state index contributed by atoms with van der Waals surface area (Å²) in [6, 6.07) is 4.67. The van der Waals surface area contributed by atoms with Gasteiger partial charge in [-0.1, -0.05) is 29.2 Å². The van der Waals surface area contributed by atoms with Gasteiger partial charge >= 0.3 is 37.1 Å². The van der Waals surface area contributed by atoms with Crippen LogP contribution in [0.2, 0.25) is 5.15 Å². The summed E-state index contributed by atoms with van der Waals surface area (Å²) in [7, 11) is 2.65. The highest BCUT2D eigenvalue weighted by molar-refractivity contribution is 6.30. The van der Waals surface area contributed by atoms with Crippen molar-refractivity contribution in [2.45, 2.75) is 70.7 Å². The normalized spacial score (nSPS) is 12.5. The number of aromatic nitrogens is 10. The summed E-state index contributed by atoms with van der Waals surface area (Å²) in [4.78, 5) is 10.8. The van der Waals surface area contributed by atoms with Gasteiger partial charge in [0.1, 0.15) is 16.9 Å². The van der Waals surface area contributed by atoms with E-state index in [9.17, 15) is 84.3 Å². The maximum Gasteiger partial charge on any atom is 0.417 e. The van der Waals surface area contributed by atoms with Gasteiger partial charge in [-0.25, -0.2) is 9.97 Å². The van der Waals surface area contributed by atoms with Gasteiger partial charge in [-0.05, 0) is 70.1 Å². The van der Waals surface area contributed by atoms with Crippen molar-refractivity contribution in [3.63, 3.8) is 0 Å². The fraction of sp³-hybridized carbons (Fsp3) is 0.342. The second-order valence-electron chi connectivity index (χ2n) is 14.2. The summed E-state index contributed by atoms with van der Waals surface area (Å²) < 4.78 is 237. The number of tetrazole rings is 2. The van der Waals surface area contributed by atoms with E-state index in [2.05, 4.69) is 40.8 Å². The molecule has 4 aromatic heterocycles. The van der Waals surface area contributed by atoms with Crippen LogP contribution in [0.3, 0.4) is 0 Å². The third-order valence-corrected chi connectivity index (χ3v) is 9.30. The summed E-state index contributed by atoms with van der Waals surface area (Å²) >= 11 is 5.89. The molecule has 6 aromatic rings. The summed E-state index contributed by atoms with van der Waals surface area (Å²) in [6.07, 6.45) is -29.1. The van der Waals surface area contributed by atoms with E-state index >= 15 is 0 Å². The minimum Gasteiger partial charge on any atom is -0.329 e. The molecule has 0 N–H and O–H groups in total. The van der Waals surface area contributed by atoms with Crippen LogP contribution in [-0.2, 0) is 77.3 Å². The van der Waals surface area contributed by atoms with Crippen LogP contribution < -0.4 is 9.80 Å². The third-order valence-electron chi connectivity index (χ3n) is 8.96. The fourth-order valence-electron chi connectivity index (χ4n) is 5.92. The molecule has 0 radical (unpaired) electrons. The van der Waals surface area contributed by atoms with E-state index in [1.807, 2.05) is 0 Å². The standard InChI is InChI=1S/C19H12F9N7.C18H12ClF9N6.CH4/c1-34-32-16(31-33-34)35(9-11-4-14(19(26,27)28)7-30-15(11)6-29)8-10-2-12(17(20,21)22)5-13(3-10)18(23,24)25;1-33-31-15(30-32-33)34(8-10-4-13(18(26,27)28)6-29-14(10)19)7-9-2-11(16(20,21)22)5-12(3-9)17(23,24)25;/h2-5,7H,8-9H2,1H3;2-6H,7-8H2,1H3;1H4. The molecular weight excluding hydrogens is 1020 g/mol. The quantitative estimate of drug-likeness (QED) is 0.0955. The molecule has 6 rings (SSSR count). The first-order chi connectivity index (χ1) is 31.6. The minimum absolute atomic E-state index is 0. The number of nitrogens with zero attached hydrogens (tertiary/aromatic N) is 13. The maximum atomic E-state index is 13.2. The van der Waals surface area contributed by atoms with Gasteiger partial charge in [0.05, 0.1) is 47.5 Å². The molecule has 0 amide bonds. The average Bonchev–Trinajstić information content (AvgIpc) is 3.87. The summed E-state index contributed by atoms with van der Waals surface area (Å²) in [5.41, 5.74) is -10.5. The van der Waals surface area contributed by atoms with Crippen molar-refractivity contribution in [1.29, 1.82) is 5.26 Å². The number of aryl methyl sites for hydroxylation is 2. The predicted octanol–water partition coefficient (Wildman–Crippen LogP) is 10.9. The average molecular weight is 1040 g/mol. The van der Waals surface area contributed by atoms with Crippen LogP contribution in [0, 0.1) is 11.3 Å². The van der Waals surface area contributed by atoms with Crippen molar-refractivity contribution in [3.05, 3.63) is 127 Å². The van der Waals surface area contributed by atoms with Crippen molar-refractivity contribution in [2.75, 3.05) is 9.80 Å². The molecule has 32 heteroatoms. The fourth-order valence-corrected chi connectivity index (χ4v) is 6.08. The molecule has 0 saturated carbocycles. The van der Waals surface area contributed by atoms with E-state index in [4.69, 9.17) is 11.6 Å². The van der Waals surface area contributed by atoms with Crippen LogP contribution >= 0.6 is 11.6 Å². The zero-order valence-electron chi connectivity index (χ0n) is 34.1. The molecule has 0 bridgehead atoms. The first kappa shape index (κ1) is 55.6. The molecular formula is C38H28ClF18N13. The van der Waals surface area contributed by atoms with E-state index in [0.717, 1.165) is 19.4 Å². The van der Waals surface area contributed by atoms with Crippen molar-refractivity contribution in [3.8, 4) is 6.07 Å². The van der Waals surface area contributed by atoms with E-state index in [-0.39, 0.29) is 47.7 Å². The molecule has 0 saturated heterocycles. The molecule has 0 atom stereocenters. The number of anilines is 2. The Hall–Kier alpha value is -7.00. The largest absolute Gasteiger partial charge is 0.417 e. The Morgan fingerprint density at radius 3 is 1.13 bits per heavy atom. The van der Waals surface area contributed by atoms with Gasteiger partial charge in [0, 0.05) is 49.7 Å². The lowest BCUT2D eigenvalue weighted by Gasteiger charge is -2.23. The van der Waals surface area contributed by atoms with E-state index in [0.29, 0.717) is 48.8 Å². The highest BCUT2D eigenvalue weighted by atomic mass is 35.5. The lowest BCUT2D eigenvalue weighted by atomic mass is 10.0. The Kier molecular flexibility index (Phi) is 16.3. The molecule has 0 aliphatic carbocycles. The van der Waals surface area contributed by atoms with Gasteiger partial charge in [0.15, 0.2) is 0 Å². The van der Waals surface area contributed by atoms with Gasteiger partial charge < -0.3 is 9.80 Å². The Bertz CT molecular complexity index is 2740. The molecule has 70 heavy (non-hydrogen) atoms. The molecule has 0 fully saturated rings. The summed E-state index contributed by atoms with van der Waals surface area (Å²) in [5.74, 6) is -0.596. The monoisotopic (exact) mass is 1040 g/mol. The van der Waals surface area contributed by atoms with Crippen LogP contribution in [0.25, 0.3) is 0 Å². The number of alkyl halides is 18. The number of hydrogen-bond acceptors (Lipinski definition) is 11. The van der Waals surface area contributed by atoms with Crippen LogP contribution in [0.15, 0.2) is 60.9 Å². The predicted molar refractivity (Wildman–Crippen MR) is 205 cm³/mol. The topological polar surface area (TPSA) is 143 Å².